The minimum atomic E-state index is -0.379. The molecule has 1 aromatic carbocycles. The van der Waals surface area contributed by atoms with E-state index in [1.165, 1.54) is 5.56 Å². The monoisotopic (exact) mass is 362 g/mol. The zero-order valence-electron chi connectivity index (χ0n) is 14.3. The fraction of sp³-hybridized carbons (Fsp3) is 0.444. The molecule has 2 aromatic rings. The first-order valence-electron chi connectivity index (χ1n) is 8.55. The minimum Gasteiger partial charge on any atom is -0.379 e. The van der Waals surface area contributed by atoms with Crippen LogP contribution >= 0.6 is 11.6 Å². The Bertz CT molecular complexity index is 713. The number of rotatable bonds is 6. The van der Waals surface area contributed by atoms with Gasteiger partial charge in [-0.2, -0.15) is 5.10 Å². The van der Waals surface area contributed by atoms with E-state index < -0.39 is 0 Å². The second-order valence-electron chi connectivity index (χ2n) is 6.14. The Hall–Kier alpha value is -1.89. The van der Waals surface area contributed by atoms with Gasteiger partial charge in [-0.1, -0.05) is 30.7 Å². The molecule has 1 atom stereocenters. The van der Waals surface area contributed by atoms with Crippen LogP contribution in [-0.2, 0) is 16.1 Å². The van der Waals surface area contributed by atoms with E-state index >= 15 is 0 Å². The molecule has 0 radical (unpaired) electrons. The summed E-state index contributed by atoms with van der Waals surface area (Å²) in [5.74, 6) is -0.0919. The van der Waals surface area contributed by atoms with Crippen molar-refractivity contribution in [3.63, 3.8) is 0 Å². The number of morpholine rings is 1. The second-order valence-corrected chi connectivity index (χ2v) is 6.58. The van der Waals surface area contributed by atoms with Gasteiger partial charge in [0.15, 0.2) is 0 Å². The third-order valence-corrected chi connectivity index (χ3v) is 4.48. The van der Waals surface area contributed by atoms with Crippen LogP contribution < -0.4 is 5.32 Å². The van der Waals surface area contributed by atoms with Crippen molar-refractivity contribution in [2.24, 2.45) is 0 Å². The largest absolute Gasteiger partial charge is 0.379 e. The van der Waals surface area contributed by atoms with Gasteiger partial charge >= 0.3 is 0 Å². The van der Waals surface area contributed by atoms with Crippen molar-refractivity contribution in [1.82, 2.24) is 14.7 Å². The number of benzene rings is 1. The predicted octanol–water partition coefficient (Wildman–Crippen LogP) is 2.96. The zero-order chi connectivity index (χ0) is 17.6. The number of carbonyl (C=O) groups excluding carboxylic acids is 1. The molecular weight excluding hydrogens is 340 g/mol. The minimum absolute atomic E-state index is 0.0919. The first kappa shape index (κ1) is 17.9. The summed E-state index contributed by atoms with van der Waals surface area (Å²) < 4.78 is 6.99. The SMILES string of the molecule is CCC(C(=O)Nc1cccc(CN2CCOCC2)c1)n1cc(Cl)cn1. The molecule has 1 aliphatic heterocycles. The van der Waals surface area contributed by atoms with Crippen molar-refractivity contribution >= 4 is 23.2 Å². The number of nitrogens with one attached hydrogen (secondary N) is 1. The standard InChI is InChI=1S/C18H23ClN4O2/c1-2-17(23-13-15(19)11-20-23)18(24)21-16-5-3-4-14(10-16)12-22-6-8-25-9-7-22/h3-5,10-11,13,17H,2,6-9,12H2,1H3,(H,21,24). The van der Waals surface area contributed by atoms with Gasteiger partial charge in [0.2, 0.25) is 5.91 Å². The van der Waals surface area contributed by atoms with Crippen LogP contribution in [0.4, 0.5) is 5.69 Å². The maximum Gasteiger partial charge on any atom is 0.249 e. The Morgan fingerprint density at radius 3 is 2.88 bits per heavy atom. The van der Waals surface area contributed by atoms with Gasteiger partial charge in [-0.05, 0) is 24.1 Å². The van der Waals surface area contributed by atoms with E-state index in [4.69, 9.17) is 16.3 Å². The molecule has 0 saturated carbocycles. The van der Waals surface area contributed by atoms with E-state index in [2.05, 4.69) is 21.4 Å². The molecule has 1 N–H and O–H groups in total. The smallest absolute Gasteiger partial charge is 0.249 e. The van der Waals surface area contributed by atoms with E-state index in [-0.39, 0.29) is 11.9 Å². The highest BCUT2D eigenvalue weighted by molar-refractivity contribution is 6.30. The Labute approximate surface area is 152 Å². The average molecular weight is 363 g/mol. The summed E-state index contributed by atoms with van der Waals surface area (Å²) in [6.45, 7) is 6.25. The topological polar surface area (TPSA) is 59.4 Å². The normalized spacial score (nSPS) is 16.6. The average Bonchev–Trinajstić information content (AvgIpc) is 3.03. The molecule has 1 unspecified atom stereocenters. The van der Waals surface area contributed by atoms with E-state index in [0.29, 0.717) is 11.4 Å². The molecular formula is C18H23ClN4O2. The summed E-state index contributed by atoms with van der Waals surface area (Å²) in [7, 11) is 0. The van der Waals surface area contributed by atoms with Crippen molar-refractivity contribution < 1.29 is 9.53 Å². The highest BCUT2D eigenvalue weighted by Crippen LogP contribution is 2.19. The van der Waals surface area contributed by atoms with Gasteiger partial charge in [0.1, 0.15) is 6.04 Å². The lowest BCUT2D eigenvalue weighted by molar-refractivity contribution is -0.119. The first-order valence-corrected chi connectivity index (χ1v) is 8.93. The van der Waals surface area contributed by atoms with Crippen LogP contribution in [0.25, 0.3) is 0 Å². The van der Waals surface area contributed by atoms with Gasteiger partial charge in [-0.25, -0.2) is 0 Å². The highest BCUT2D eigenvalue weighted by Gasteiger charge is 2.19. The number of hydrogen-bond acceptors (Lipinski definition) is 4. The Balaban J connectivity index is 1.65. The molecule has 3 rings (SSSR count). The fourth-order valence-corrected chi connectivity index (χ4v) is 3.11. The van der Waals surface area contributed by atoms with Crippen LogP contribution in [-0.4, -0.2) is 46.9 Å². The zero-order valence-corrected chi connectivity index (χ0v) is 15.1. The Kier molecular flexibility index (Phi) is 6.07. The number of amides is 1. The first-order chi connectivity index (χ1) is 12.2. The molecule has 1 aromatic heterocycles. The van der Waals surface area contributed by atoms with Crippen molar-refractivity contribution in [2.75, 3.05) is 31.6 Å². The lowest BCUT2D eigenvalue weighted by atomic mass is 10.1. The summed E-state index contributed by atoms with van der Waals surface area (Å²) in [6.07, 6.45) is 3.85. The highest BCUT2D eigenvalue weighted by atomic mass is 35.5. The van der Waals surface area contributed by atoms with Crippen molar-refractivity contribution in [3.8, 4) is 0 Å². The van der Waals surface area contributed by atoms with Gasteiger partial charge in [-0.15, -0.1) is 0 Å². The molecule has 0 aliphatic carbocycles. The third kappa shape index (κ3) is 4.81. The van der Waals surface area contributed by atoms with Crippen LogP contribution in [0.1, 0.15) is 24.9 Å². The molecule has 1 saturated heterocycles. The van der Waals surface area contributed by atoms with Gasteiger partial charge in [0.25, 0.3) is 0 Å². The lowest BCUT2D eigenvalue weighted by Gasteiger charge is -2.26. The number of carbonyl (C=O) groups is 1. The summed E-state index contributed by atoms with van der Waals surface area (Å²) in [4.78, 5) is 15.0. The number of nitrogens with zero attached hydrogens (tertiary/aromatic N) is 3. The van der Waals surface area contributed by atoms with E-state index in [0.717, 1.165) is 38.5 Å². The molecule has 2 heterocycles. The quantitative estimate of drug-likeness (QED) is 0.858. The number of aromatic nitrogens is 2. The maximum atomic E-state index is 12.6. The van der Waals surface area contributed by atoms with E-state index in [1.54, 1.807) is 17.1 Å². The van der Waals surface area contributed by atoms with Crippen LogP contribution in [0.3, 0.4) is 0 Å². The molecule has 1 fully saturated rings. The lowest BCUT2D eigenvalue weighted by Crippen LogP contribution is -2.35. The number of anilines is 1. The summed E-state index contributed by atoms with van der Waals surface area (Å²) >= 11 is 5.91. The molecule has 134 valence electrons. The molecule has 1 amide bonds. The Morgan fingerprint density at radius 2 is 2.20 bits per heavy atom. The maximum absolute atomic E-state index is 12.6. The molecule has 7 heteroatoms. The third-order valence-electron chi connectivity index (χ3n) is 4.28. The van der Waals surface area contributed by atoms with E-state index in [1.807, 2.05) is 25.1 Å². The van der Waals surface area contributed by atoms with Crippen LogP contribution in [0, 0.1) is 0 Å². The summed E-state index contributed by atoms with van der Waals surface area (Å²) in [6, 6.07) is 7.60. The van der Waals surface area contributed by atoms with Crippen molar-refractivity contribution in [2.45, 2.75) is 25.9 Å². The molecule has 1 aliphatic rings. The number of ether oxygens (including phenoxy) is 1. The van der Waals surface area contributed by atoms with Gasteiger partial charge in [0, 0.05) is 31.5 Å². The van der Waals surface area contributed by atoms with Crippen molar-refractivity contribution in [3.05, 3.63) is 47.2 Å². The summed E-state index contributed by atoms with van der Waals surface area (Å²) in [5, 5.41) is 7.67. The molecule has 0 spiro atoms. The van der Waals surface area contributed by atoms with Crippen LogP contribution in [0.15, 0.2) is 36.7 Å². The fourth-order valence-electron chi connectivity index (χ4n) is 2.97. The predicted molar refractivity (Wildman–Crippen MR) is 97.7 cm³/mol. The van der Waals surface area contributed by atoms with Crippen LogP contribution in [0.2, 0.25) is 5.02 Å². The Morgan fingerprint density at radius 1 is 1.40 bits per heavy atom. The van der Waals surface area contributed by atoms with E-state index in [9.17, 15) is 4.79 Å². The van der Waals surface area contributed by atoms with Gasteiger partial charge in [-0.3, -0.25) is 14.4 Å². The number of hydrogen-bond donors (Lipinski definition) is 1. The molecule has 0 bridgehead atoms. The second kappa shape index (κ2) is 8.47. The summed E-state index contributed by atoms with van der Waals surface area (Å²) in [5.41, 5.74) is 1.97. The molecule has 25 heavy (non-hydrogen) atoms. The van der Waals surface area contributed by atoms with Crippen LogP contribution in [0.5, 0.6) is 0 Å². The number of halogens is 1. The van der Waals surface area contributed by atoms with Gasteiger partial charge in [0.05, 0.1) is 24.4 Å². The van der Waals surface area contributed by atoms with Gasteiger partial charge < -0.3 is 10.1 Å². The molecule has 6 nitrogen and oxygen atoms in total. The van der Waals surface area contributed by atoms with Crippen molar-refractivity contribution in [1.29, 1.82) is 0 Å².